The lowest BCUT2D eigenvalue weighted by molar-refractivity contribution is 0.423. The lowest BCUT2D eigenvalue weighted by Crippen LogP contribution is -2.38. The van der Waals surface area contributed by atoms with Gasteiger partial charge in [-0.3, -0.25) is 4.79 Å². The molecule has 1 spiro atoms. The minimum absolute atomic E-state index is 0.0245. The van der Waals surface area contributed by atoms with Crippen molar-refractivity contribution in [1.29, 1.82) is 0 Å². The first kappa shape index (κ1) is 16.2. The quantitative estimate of drug-likeness (QED) is 0.648. The average Bonchev–Trinajstić information content (AvgIpc) is 3.16. The first-order chi connectivity index (χ1) is 13.3. The van der Waals surface area contributed by atoms with Gasteiger partial charge in [-0.1, -0.05) is 67.4 Å². The standard InChI is InChI=1S/C23H21N3O/c27-22-20-21(24-16-26(22)25-15-17-8-2-1-3-9-17)19-11-5-4-10-18(19)14-23(20)12-6-7-13-23/h1-5,8-11,15-16H,6-7,12-14H2. The maximum atomic E-state index is 13.4. The first-order valence-electron chi connectivity index (χ1n) is 9.57. The zero-order valence-corrected chi connectivity index (χ0v) is 15.1. The Labute approximate surface area is 158 Å². The van der Waals surface area contributed by atoms with E-state index in [1.54, 1.807) is 12.5 Å². The molecule has 1 saturated carbocycles. The van der Waals surface area contributed by atoms with Gasteiger partial charge in [-0.15, -0.1) is 0 Å². The van der Waals surface area contributed by atoms with Gasteiger partial charge in [0, 0.05) is 11.0 Å². The van der Waals surface area contributed by atoms with E-state index in [0.717, 1.165) is 41.6 Å². The summed E-state index contributed by atoms with van der Waals surface area (Å²) in [6.07, 6.45) is 8.65. The van der Waals surface area contributed by atoms with Crippen LogP contribution in [0, 0.1) is 0 Å². The summed E-state index contributed by atoms with van der Waals surface area (Å²) in [5.41, 5.74) is 4.98. The van der Waals surface area contributed by atoms with Crippen molar-refractivity contribution >= 4 is 6.21 Å². The number of hydrogen-bond donors (Lipinski definition) is 0. The summed E-state index contributed by atoms with van der Waals surface area (Å²) in [7, 11) is 0. The molecule has 3 aromatic rings. The Morgan fingerprint density at radius 2 is 1.74 bits per heavy atom. The normalized spacial score (nSPS) is 17.2. The van der Waals surface area contributed by atoms with Gasteiger partial charge in [-0.25, -0.2) is 4.98 Å². The summed E-state index contributed by atoms with van der Waals surface area (Å²) in [4.78, 5) is 18.1. The lowest BCUT2D eigenvalue weighted by Gasteiger charge is -2.35. The predicted molar refractivity (Wildman–Crippen MR) is 107 cm³/mol. The number of nitrogens with zero attached hydrogens (tertiary/aromatic N) is 3. The minimum Gasteiger partial charge on any atom is -0.267 e. The number of hydrogen-bond acceptors (Lipinski definition) is 3. The molecule has 0 unspecified atom stereocenters. The average molecular weight is 355 g/mol. The van der Waals surface area contributed by atoms with Crippen molar-refractivity contribution < 1.29 is 0 Å². The lowest BCUT2D eigenvalue weighted by atomic mass is 9.68. The largest absolute Gasteiger partial charge is 0.278 e. The molecule has 0 radical (unpaired) electrons. The van der Waals surface area contributed by atoms with Crippen molar-refractivity contribution in [1.82, 2.24) is 9.66 Å². The maximum absolute atomic E-state index is 13.4. The molecule has 2 aliphatic carbocycles. The Balaban J connectivity index is 1.67. The van der Waals surface area contributed by atoms with Crippen molar-refractivity contribution in [3.63, 3.8) is 0 Å². The van der Waals surface area contributed by atoms with Gasteiger partial charge in [0.1, 0.15) is 6.33 Å². The second-order valence-electron chi connectivity index (χ2n) is 7.59. The molecule has 134 valence electrons. The highest BCUT2D eigenvalue weighted by molar-refractivity contribution is 5.79. The molecule has 0 saturated heterocycles. The Morgan fingerprint density at radius 3 is 2.56 bits per heavy atom. The summed E-state index contributed by atoms with van der Waals surface area (Å²) < 4.78 is 1.40. The number of fused-ring (bicyclic) bond motifs is 4. The van der Waals surface area contributed by atoms with E-state index in [2.05, 4.69) is 23.3 Å². The highest BCUT2D eigenvalue weighted by Crippen LogP contribution is 2.49. The Morgan fingerprint density at radius 1 is 1.00 bits per heavy atom. The second kappa shape index (κ2) is 6.31. The second-order valence-corrected chi connectivity index (χ2v) is 7.59. The van der Waals surface area contributed by atoms with Crippen LogP contribution in [0.25, 0.3) is 11.3 Å². The van der Waals surface area contributed by atoms with E-state index in [-0.39, 0.29) is 11.0 Å². The van der Waals surface area contributed by atoms with Gasteiger partial charge < -0.3 is 0 Å². The molecule has 0 bridgehead atoms. The third-order valence-electron chi connectivity index (χ3n) is 5.98. The molecule has 1 aromatic heterocycles. The number of aromatic nitrogens is 2. The smallest absolute Gasteiger partial charge is 0.267 e. The third kappa shape index (κ3) is 2.64. The predicted octanol–water partition coefficient (Wildman–Crippen LogP) is 4.16. The molecule has 1 fully saturated rings. The van der Waals surface area contributed by atoms with Gasteiger partial charge in [-0.2, -0.15) is 9.78 Å². The fourth-order valence-electron chi connectivity index (χ4n) is 4.71. The van der Waals surface area contributed by atoms with Crippen LogP contribution in [-0.4, -0.2) is 15.9 Å². The van der Waals surface area contributed by atoms with Crippen LogP contribution in [0.5, 0.6) is 0 Å². The minimum atomic E-state index is -0.0843. The van der Waals surface area contributed by atoms with Crippen LogP contribution in [0.3, 0.4) is 0 Å². The van der Waals surface area contributed by atoms with E-state index in [9.17, 15) is 4.79 Å². The number of benzene rings is 2. The van der Waals surface area contributed by atoms with E-state index in [1.165, 1.54) is 23.1 Å². The first-order valence-corrected chi connectivity index (χ1v) is 9.57. The SMILES string of the molecule is O=c1c2c(ncn1N=Cc1ccccc1)-c1ccccc1CC21CCCC1. The fourth-order valence-corrected chi connectivity index (χ4v) is 4.71. The molecular weight excluding hydrogens is 334 g/mol. The van der Waals surface area contributed by atoms with Crippen LogP contribution in [0.2, 0.25) is 0 Å². The van der Waals surface area contributed by atoms with Crippen LogP contribution in [0.15, 0.2) is 70.8 Å². The summed E-state index contributed by atoms with van der Waals surface area (Å²) in [5, 5.41) is 4.41. The van der Waals surface area contributed by atoms with Gasteiger partial charge in [-0.05, 0) is 30.4 Å². The number of rotatable bonds is 2. The van der Waals surface area contributed by atoms with E-state index in [1.807, 2.05) is 36.4 Å². The summed E-state index contributed by atoms with van der Waals surface area (Å²) in [6.45, 7) is 0. The van der Waals surface area contributed by atoms with Crippen molar-refractivity contribution in [3.8, 4) is 11.3 Å². The third-order valence-corrected chi connectivity index (χ3v) is 5.98. The van der Waals surface area contributed by atoms with E-state index < -0.39 is 0 Å². The van der Waals surface area contributed by atoms with Crippen LogP contribution < -0.4 is 5.56 Å². The highest BCUT2D eigenvalue weighted by atomic mass is 16.1. The monoisotopic (exact) mass is 355 g/mol. The van der Waals surface area contributed by atoms with Crippen molar-refractivity contribution in [2.45, 2.75) is 37.5 Å². The van der Waals surface area contributed by atoms with Gasteiger partial charge in [0.2, 0.25) is 0 Å². The Kier molecular flexibility index (Phi) is 3.78. The highest BCUT2D eigenvalue weighted by Gasteiger charge is 2.44. The molecule has 5 rings (SSSR count). The molecule has 2 aliphatic rings. The molecule has 4 nitrogen and oxygen atoms in total. The molecule has 0 amide bonds. The Bertz CT molecular complexity index is 1080. The van der Waals surface area contributed by atoms with Crippen LogP contribution in [0.1, 0.15) is 42.4 Å². The molecule has 27 heavy (non-hydrogen) atoms. The van der Waals surface area contributed by atoms with E-state index >= 15 is 0 Å². The fraction of sp³-hybridized carbons (Fsp3) is 0.261. The molecule has 0 N–H and O–H groups in total. The van der Waals surface area contributed by atoms with Crippen molar-refractivity contribution in [3.05, 3.63) is 88.0 Å². The van der Waals surface area contributed by atoms with E-state index in [4.69, 9.17) is 4.98 Å². The summed E-state index contributed by atoms with van der Waals surface area (Å²) in [5.74, 6) is 0. The molecule has 0 atom stereocenters. The molecule has 0 aliphatic heterocycles. The van der Waals surface area contributed by atoms with Crippen LogP contribution >= 0.6 is 0 Å². The molecule has 2 aromatic carbocycles. The van der Waals surface area contributed by atoms with Crippen molar-refractivity contribution in [2.24, 2.45) is 5.10 Å². The summed E-state index contributed by atoms with van der Waals surface area (Å²) >= 11 is 0. The van der Waals surface area contributed by atoms with Gasteiger partial charge >= 0.3 is 0 Å². The zero-order chi connectivity index (χ0) is 18.3. The zero-order valence-electron chi connectivity index (χ0n) is 15.1. The molecule has 4 heteroatoms. The van der Waals surface area contributed by atoms with Gasteiger partial charge in [0.05, 0.1) is 17.5 Å². The molecule has 1 heterocycles. The Hall–Kier alpha value is -3.01. The van der Waals surface area contributed by atoms with Gasteiger partial charge in [0.25, 0.3) is 5.56 Å². The van der Waals surface area contributed by atoms with Crippen LogP contribution in [-0.2, 0) is 11.8 Å². The van der Waals surface area contributed by atoms with Crippen LogP contribution in [0.4, 0.5) is 0 Å². The van der Waals surface area contributed by atoms with Gasteiger partial charge in [0.15, 0.2) is 0 Å². The maximum Gasteiger partial charge on any atom is 0.278 e. The van der Waals surface area contributed by atoms with Crippen molar-refractivity contribution in [2.75, 3.05) is 0 Å². The van der Waals surface area contributed by atoms with E-state index in [0.29, 0.717) is 0 Å². The summed E-state index contributed by atoms with van der Waals surface area (Å²) in [6, 6.07) is 18.2. The topological polar surface area (TPSA) is 47.2 Å². The molecular formula is C23H21N3O.